The van der Waals surface area contributed by atoms with Crippen LogP contribution < -0.4 is 0 Å². The van der Waals surface area contributed by atoms with Gasteiger partial charge in [-0.1, -0.05) is 22.0 Å². The van der Waals surface area contributed by atoms with Crippen molar-refractivity contribution in [2.24, 2.45) is 0 Å². The fourth-order valence-corrected chi connectivity index (χ4v) is 2.52. The number of alkyl halides is 1. The van der Waals surface area contributed by atoms with E-state index in [1.54, 1.807) is 11.3 Å². The number of aromatic nitrogens is 1. The monoisotopic (exact) mass is 241 g/mol. The van der Waals surface area contributed by atoms with Gasteiger partial charge in [0.15, 0.2) is 0 Å². The molecule has 0 saturated carbocycles. The SMILES string of the molecule is Cc1ccc2nc(CBr)sc2c1. The summed E-state index contributed by atoms with van der Waals surface area (Å²) in [6, 6.07) is 6.35. The van der Waals surface area contributed by atoms with Crippen LogP contribution in [0.25, 0.3) is 10.2 Å². The van der Waals surface area contributed by atoms with Gasteiger partial charge in [-0.3, -0.25) is 0 Å². The average molecular weight is 242 g/mol. The smallest absolute Gasteiger partial charge is 0.104 e. The molecule has 0 unspecified atom stereocenters. The lowest BCUT2D eigenvalue weighted by molar-refractivity contribution is 1.32. The molecule has 0 bridgehead atoms. The first kappa shape index (κ1) is 8.20. The fourth-order valence-electron chi connectivity index (χ4n) is 1.14. The predicted octanol–water partition coefficient (Wildman–Crippen LogP) is 3.50. The Balaban J connectivity index is 2.67. The molecule has 1 nitrogen and oxygen atoms in total. The van der Waals surface area contributed by atoms with E-state index < -0.39 is 0 Å². The second-order valence-electron chi connectivity index (χ2n) is 2.71. The molecule has 0 aliphatic heterocycles. The van der Waals surface area contributed by atoms with Gasteiger partial charge in [0, 0.05) is 0 Å². The lowest BCUT2D eigenvalue weighted by Gasteiger charge is -1.88. The van der Waals surface area contributed by atoms with Crippen LogP contribution in [0, 0.1) is 6.92 Å². The van der Waals surface area contributed by atoms with Crippen molar-refractivity contribution in [3.63, 3.8) is 0 Å². The molecular formula is C9H8BrNS. The summed E-state index contributed by atoms with van der Waals surface area (Å²) in [4.78, 5) is 4.44. The van der Waals surface area contributed by atoms with Crippen molar-refractivity contribution in [2.45, 2.75) is 12.3 Å². The summed E-state index contributed by atoms with van der Waals surface area (Å²) in [5.74, 6) is 0. The van der Waals surface area contributed by atoms with Gasteiger partial charge in [-0.15, -0.1) is 11.3 Å². The molecule has 0 aliphatic rings. The minimum Gasteiger partial charge on any atom is -0.240 e. The standard InChI is InChI=1S/C9H8BrNS/c1-6-2-3-7-8(4-6)12-9(5-10)11-7/h2-4H,5H2,1H3. The second kappa shape index (κ2) is 3.15. The van der Waals surface area contributed by atoms with Crippen LogP contribution in [0.1, 0.15) is 10.6 Å². The molecule has 0 fully saturated rings. The van der Waals surface area contributed by atoms with Crippen molar-refractivity contribution in [1.82, 2.24) is 4.98 Å². The van der Waals surface area contributed by atoms with Crippen LogP contribution in [0.5, 0.6) is 0 Å². The topological polar surface area (TPSA) is 12.9 Å². The molecule has 2 aromatic rings. The van der Waals surface area contributed by atoms with E-state index in [0.29, 0.717) is 0 Å². The van der Waals surface area contributed by atoms with E-state index in [-0.39, 0.29) is 0 Å². The van der Waals surface area contributed by atoms with Gasteiger partial charge in [-0.05, 0) is 24.6 Å². The molecule has 0 radical (unpaired) electrons. The van der Waals surface area contributed by atoms with Gasteiger partial charge in [0.05, 0.1) is 15.5 Å². The van der Waals surface area contributed by atoms with Crippen LogP contribution in [-0.2, 0) is 5.33 Å². The maximum absolute atomic E-state index is 4.44. The highest BCUT2D eigenvalue weighted by molar-refractivity contribution is 9.08. The number of hydrogen-bond acceptors (Lipinski definition) is 2. The molecule has 0 spiro atoms. The molecule has 0 saturated heterocycles. The van der Waals surface area contributed by atoms with E-state index in [2.05, 4.69) is 46.0 Å². The largest absolute Gasteiger partial charge is 0.240 e. The first-order chi connectivity index (χ1) is 5.79. The zero-order chi connectivity index (χ0) is 8.55. The molecule has 1 aromatic heterocycles. The average Bonchev–Trinajstić information content (AvgIpc) is 2.46. The Kier molecular flexibility index (Phi) is 2.15. The Bertz CT molecular complexity index is 408. The Morgan fingerprint density at radius 2 is 2.33 bits per heavy atom. The number of hydrogen-bond donors (Lipinski definition) is 0. The molecule has 1 heterocycles. The van der Waals surface area contributed by atoms with E-state index >= 15 is 0 Å². The lowest BCUT2D eigenvalue weighted by Crippen LogP contribution is -1.72. The van der Waals surface area contributed by atoms with Crippen LogP contribution in [-0.4, -0.2) is 4.98 Å². The van der Waals surface area contributed by atoms with Gasteiger partial charge in [0.1, 0.15) is 5.01 Å². The molecule has 0 amide bonds. The molecule has 62 valence electrons. The van der Waals surface area contributed by atoms with Crippen LogP contribution in [0.15, 0.2) is 18.2 Å². The van der Waals surface area contributed by atoms with Crippen LogP contribution in [0.2, 0.25) is 0 Å². The predicted molar refractivity (Wildman–Crippen MR) is 57.0 cm³/mol. The highest BCUT2D eigenvalue weighted by Crippen LogP contribution is 2.24. The molecule has 3 heteroatoms. The summed E-state index contributed by atoms with van der Waals surface area (Å²) < 4.78 is 1.28. The number of thiazole rings is 1. The van der Waals surface area contributed by atoms with Gasteiger partial charge < -0.3 is 0 Å². The minimum absolute atomic E-state index is 0.853. The van der Waals surface area contributed by atoms with E-state index in [1.165, 1.54) is 10.3 Å². The van der Waals surface area contributed by atoms with E-state index in [0.717, 1.165) is 15.9 Å². The third-order valence-electron chi connectivity index (χ3n) is 1.70. The minimum atomic E-state index is 0.853. The third kappa shape index (κ3) is 1.39. The zero-order valence-corrected chi connectivity index (χ0v) is 9.08. The molecule has 0 N–H and O–H groups in total. The van der Waals surface area contributed by atoms with E-state index in [4.69, 9.17) is 0 Å². The molecule has 2 rings (SSSR count). The molecular weight excluding hydrogens is 234 g/mol. The van der Waals surface area contributed by atoms with Crippen molar-refractivity contribution in [2.75, 3.05) is 0 Å². The number of halogens is 1. The Hall–Kier alpha value is -0.410. The normalized spacial score (nSPS) is 10.8. The Morgan fingerprint density at radius 3 is 3.08 bits per heavy atom. The highest BCUT2D eigenvalue weighted by atomic mass is 79.9. The third-order valence-corrected chi connectivity index (χ3v) is 3.62. The zero-order valence-electron chi connectivity index (χ0n) is 6.67. The van der Waals surface area contributed by atoms with Crippen molar-refractivity contribution in [1.29, 1.82) is 0 Å². The van der Waals surface area contributed by atoms with Gasteiger partial charge in [-0.2, -0.15) is 0 Å². The lowest BCUT2D eigenvalue weighted by atomic mass is 10.2. The van der Waals surface area contributed by atoms with E-state index in [1.807, 2.05) is 0 Å². The van der Waals surface area contributed by atoms with Gasteiger partial charge in [0.25, 0.3) is 0 Å². The van der Waals surface area contributed by atoms with Gasteiger partial charge >= 0.3 is 0 Å². The summed E-state index contributed by atoms with van der Waals surface area (Å²) in [6.45, 7) is 2.10. The maximum atomic E-state index is 4.44. The summed E-state index contributed by atoms with van der Waals surface area (Å²) >= 11 is 5.16. The number of nitrogens with zero attached hydrogens (tertiary/aromatic N) is 1. The summed E-state index contributed by atoms with van der Waals surface area (Å²) in [5, 5.41) is 2.00. The summed E-state index contributed by atoms with van der Waals surface area (Å²) in [7, 11) is 0. The fraction of sp³-hybridized carbons (Fsp3) is 0.222. The highest BCUT2D eigenvalue weighted by Gasteiger charge is 2.01. The Morgan fingerprint density at radius 1 is 1.50 bits per heavy atom. The van der Waals surface area contributed by atoms with Crippen LogP contribution in [0.4, 0.5) is 0 Å². The van der Waals surface area contributed by atoms with Crippen molar-refractivity contribution < 1.29 is 0 Å². The number of rotatable bonds is 1. The van der Waals surface area contributed by atoms with E-state index in [9.17, 15) is 0 Å². The maximum Gasteiger partial charge on any atom is 0.104 e. The number of fused-ring (bicyclic) bond motifs is 1. The molecule has 0 atom stereocenters. The summed E-state index contributed by atoms with van der Waals surface area (Å²) in [6.07, 6.45) is 0. The van der Waals surface area contributed by atoms with Crippen molar-refractivity contribution in [3.8, 4) is 0 Å². The van der Waals surface area contributed by atoms with Gasteiger partial charge in [-0.25, -0.2) is 4.98 Å². The summed E-state index contributed by atoms with van der Waals surface area (Å²) in [5.41, 5.74) is 2.41. The molecule has 1 aromatic carbocycles. The number of benzene rings is 1. The van der Waals surface area contributed by atoms with Crippen LogP contribution in [0.3, 0.4) is 0 Å². The number of aryl methyl sites for hydroxylation is 1. The van der Waals surface area contributed by atoms with Crippen LogP contribution >= 0.6 is 27.3 Å². The first-order valence-electron chi connectivity index (χ1n) is 3.71. The quantitative estimate of drug-likeness (QED) is 0.697. The van der Waals surface area contributed by atoms with Crippen molar-refractivity contribution >= 4 is 37.5 Å². The Labute approximate surface area is 83.6 Å². The molecule has 0 aliphatic carbocycles. The first-order valence-corrected chi connectivity index (χ1v) is 5.65. The van der Waals surface area contributed by atoms with Gasteiger partial charge in [0.2, 0.25) is 0 Å². The second-order valence-corrected chi connectivity index (χ2v) is 4.39. The molecule has 12 heavy (non-hydrogen) atoms. The van der Waals surface area contributed by atoms with Crippen molar-refractivity contribution in [3.05, 3.63) is 28.8 Å².